The molecule has 0 saturated heterocycles. The van der Waals surface area contributed by atoms with Crippen LogP contribution < -0.4 is 0 Å². The van der Waals surface area contributed by atoms with Gasteiger partial charge in [-0.2, -0.15) is 0 Å². The van der Waals surface area contributed by atoms with Crippen molar-refractivity contribution in [2.24, 2.45) is 5.92 Å². The standard InChI is InChI=1S/C72H140O17P2/c1-6-9-12-15-18-21-23-25-26-27-32-36-41-46-51-56-70(75)83-62-68(89-72(77)58-53-48-43-38-33-29-28-30-35-39-44-49-54-65(4)5)64-87-91(80,81)85-60-66(73)59-84-90(78,79)86-63-67(61-82-69(74)55-50-45-40-34-20-17-14-11-8-3)88-71(76)57-52-47-42-37-31-24-22-19-16-13-10-7-2/h65-68,73H,6-64H2,1-5H3,(H,78,79)(H,80,81)/t66-,67+,68+/m0/s1. The average molecular weight is 1340 g/mol. The van der Waals surface area contributed by atoms with Crippen LogP contribution in [0.1, 0.15) is 375 Å². The molecule has 17 nitrogen and oxygen atoms in total. The molecular formula is C72H140O17P2. The second kappa shape index (κ2) is 65.4. The van der Waals surface area contributed by atoms with E-state index in [0.29, 0.717) is 25.7 Å². The Morgan fingerprint density at radius 1 is 0.297 bits per heavy atom. The molecule has 91 heavy (non-hydrogen) atoms. The molecule has 0 radical (unpaired) electrons. The summed E-state index contributed by atoms with van der Waals surface area (Å²) in [5, 5.41) is 10.6. The number of carbonyl (C=O) groups excluding carboxylic acids is 4. The quantitative estimate of drug-likeness (QED) is 0.0222. The van der Waals surface area contributed by atoms with Gasteiger partial charge in [0.15, 0.2) is 12.2 Å². The van der Waals surface area contributed by atoms with Gasteiger partial charge in [0.2, 0.25) is 0 Å². The molecule has 19 heteroatoms. The number of ether oxygens (including phenoxy) is 4. The van der Waals surface area contributed by atoms with Crippen LogP contribution in [0.2, 0.25) is 0 Å². The number of phosphoric acid groups is 2. The van der Waals surface area contributed by atoms with Crippen molar-refractivity contribution in [1.29, 1.82) is 0 Å². The number of hydrogen-bond donors (Lipinski definition) is 3. The first-order chi connectivity index (χ1) is 44.0. The van der Waals surface area contributed by atoms with E-state index in [4.69, 9.17) is 37.0 Å². The normalized spacial score (nSPS) is 14.0. The average Bonchev–Trinajstić information content (AvgIpc) is 2.42. The number of unbranched alkanes of at least 4 members (excludes halogenated alkanes) is 44. The molecule has 0 aromatic heterocycles. The second-order valence-corrected chi connectivity index (χ2v) is 29.4. The molecule has 0 rings (SSSR count). The van der Waals surface area contributed by atoms with E-state index in [0.717, 1.165) is 95.8 Å². The first-order valence-electron chi connectivity index (χ1n) is 37.6. The Balaban J connectivity index is 5.23. The summed E-state index contributed by atoms with van der Waals surface area (Å²) in [5.74, 6) is -1.34. The fourth-order valence-electron chi connectivity index (χ4n) is 11.0. The van der Waals surface area contributed by atoms with Crippen molar-refractivity contribution in [2.75, 3.05) is 39.6 Å². The van der Waals surface area contributed by atoms with Crippen molar-refractivity contribution in [1.82, 2.24) is 0 Å². The van der Waals surface area contributed by atoms with Crippen molar-refractivity contribution < 1.29 is 80.2 Å². The van der Waals surface area contributed by atoms with Crippen LogP contribution in [0.5, 0.6) is 0 Å². The first-order valence-corrected chi connectivity index (χ1v) is 40.6. The highest BCUT2D eigenvalue weighted by Crippen LogP contribution is 2.45. The van der Waals surface area contributed by atoms with Gasteiger partial charge >= 0.3 is 39.5 Å². The van der Waals surface area contributed by atoms with Gasteiger partial charge in [-0.05, 0) is 31.6 Å². The van der Waals surface area contributed by atoms with Crippen molar-refractivity contribution in [3.63, 3.8) is 0 Å². The lowest BCUT2D eigenvalue weighted by Gasteiger charge is -2.21. The van der Waals surface area contributed by atoms with Crippen LogP contribution in [0.4, 0.5) is 0 Å². The van der Waals surface area contributed by atoms with Gasteiger partial charge in [-0.15, -0.1) is 0 Å². The molecule has 0 fully saturated rings. The number of aliphatic hydroxyl groups is 1. The van der Waals surface area contributed by atoms with Gasteiger partial charge in [0.1, 0.15) is 19.3 Å². The zero-order chi connectivity index (χ0) is 67.0. The molecule has 2 unspecified atom stereocenters. The summed E-state index contributed by atoms with van der Waals surface area (Å²) in [6.07, 6.45) is 52.6. The predicted octanol–water partition coefficient (Wildman–Crippen LogP) is 20.9. The molecule has 0 aromatic rings. The van der Waals surface area contributed by atoms with E-state index >= 15 is 0 Å². The predicted molar refractivity (Wildman–Crippen MR) is 368 cm³/mol. The van der Waals surface area contributed by atoms with Gasteiger partial charge < -0.3 is 33.8 Å². The first kappa shape index (κ1) is 89.1. The van der Waals surface area contributed by atoms with Crippen LogP contribution in [0, 0.1) is 5.92 Å². The van der Waals surface area contributed by atoms with Crippen LogP contribution in [0.25, 0.3) is 0 Å². The van der Waals surface area contributed by atoms with Gasteiger partial charge in [-0.25, -0.2) is 9.13 Å². The van der Waals surface area contributed by atoms with Crippen LogP contribution in [0.3, 0.4) is 0 Å². The Hall–Kier alpha value is -1.94. The number of hydrogen-bond acceptors (Lipinski definition) is 15. The molecule has 0 aliphatic heterocycles. The Kier molecular flexibility index (Phi) is 64.0. The minimum Gasteiger partial charge on any atom is -0.462 e. The summed E-state index contributed by atoms with van der Waals surface area (Å²) >= 11 is 0. The Morgan fingerprint density at radius 2 is 0.505 bits per heavy atom. The molecule has 3 N–H and O–H groups in total. The lowest BCUT2D eigenvalue weighted by Crippen LogP contribution is -2.30. The highest BCUT2D eigenvalue weighted by atomic mass is 31.2. The molecule has 0 bridgehead atoms. The van der Waals surface area contributed by atoms with Crippen molar-refractivity contribution in [3.05, 3.63) is 0 Å². The van der Waals surface area contributed by atoms with Gasteiger partial charge in [-0.1, -0.05) is 324 Å². The third kappa shape index (κ3) is 66.5. The van der Waals surface area contributed by atoms with Crippen molar-refractivity contribution in [3.8, 4) is 0 Å². The SMILES string of the molecule is CCCCCCCCCCCCCCCCCC(=O)OC[C@H](COP(=O)(O)OC[C@@H](O)COP(=O)(O)OC[C@@H](COC(=O)CCCCCCCCCCC)OC(=O)CCCCCCCCCCCCCC)OC(=O)CCCCCCCCCCCCCCC(C)C. The molecule has 540 valence electrons. The van der Waals surface area contributed by atoms with Crippen molar-refractivity contribution in [2.45, 2.75) is 393 Å². The second-order valence-electron chi connectivity index (χ2n) is 26.5. The molecule has 0 heterocycles. The van der Waals surface area contributed by atoms with E-state index in [9.17, 15) is 43.2 Å². The fraction of sp³-hybridized carbons (Fsp3) is 0.944. The van der Waals surface area contributed by atoms with Crippen LogP contribution in [-0.2, 0) is 65.4 Å². The molecule has 0 saturated carbocycles. The number of aliphatic hydroxyl groups excluding tert-OH is 1. The number of phosphoric ester groups is 2. The third-order valence-electron chi connectivity index (χ3n) is 16.8. The largest absolute Gasteiger partial charge is 0.472 e. The number of rotatable bonds is 72. The van der Waals surface area contributed by atoms with E-state index < -0.39 is 97.5 Å². The summed E-state index contributed by atoms with van der Waals surface area (Å²) in [6, 6.07) is 0. The summed E-state index contributed by atoms with van der Waals surface area (Å²) in [6.45, 7) is 7.26. The molecule has 0 spiro atoms. The zero-order valence-corrected chi connectivity index (χ0v) is 60.8. The van der Waals surface area contributed by atoms with Gasteiger partial charge in [0, 0.05) is 25.7 Å². The molecule has 0 aliphatic carbocycles. The van der Waals surface area contributed by atoms with Crippen LogP contribution in [0.15, 0.2) is 0 Å². The minimum absolute atomic E-state index is 0.108. The maximum atomic E-state index is 13.0. The van der Waals surface area contributed by atoms with E-state index in [1.54, 1.807) is 0 Å². The summed E-state index contributed by atoms with van der Waals surface area (Å²) in [4.78, 5) is 72.6. The monoisotopic (exact) mass is 1340 g/mol. The topological polar surface area (TPSA) is 237 Å². The number of esters is 4. The summed E-state index contributed by atoms with van der Waals surface area (Å²) in [7, 11) is -9.90. The van der Waals surface area contributed by atoms with Crippen molar-refractivity contribution >= 4 is 39.5 Å². The summed E-state index contributed by atoms with van der Waals surface area (Å²) < 4.78 is 68.3. The molecular weight excluding hydrogens is 1200 g/mol. The van der Waals surface area contributed by atoms with Gasteiger partial charge in [0.05, 0.1) is 26.4 Å². The fourth-order valence-corrected chi connectivity index (χ4v) is 12.6. The van der Waals surface area contributed by atoms with Gasteiger partial charge in [-0.3, -0.25) is 37.3 Å². The van der Waals surface area contributed by atoms with Crippen LogP contribution >= 0.6 is 15.6 Å². The smallest absolute Gasteiger partial charge is 0.462 e. The number of carbonyl (C=O) groups is 4. The van der Waals surface area contributed by atoms with Gasteiger partial charge in [0.25, 0.3) is 0 Å². The molecule has 0 aliphatic rings. The lowest BCUT2D eigenvalue weighted by molar-refractivity contribution is -0.161. The zero-order valence-electron chi connectivity index (χ0n) is 59.0. The van der Waals surface area contributed by atoms with E-state index in [2.05, 4.69) is 34.6 Å². The highest BCUT2D eigenvalue weighted by Gasteiger charge is 2.30. The highest BCUT2D eigenvalue weighted by molar-refractivity contribution is 7.47. The van der Waals surface area contributed by atoms with E-state index in [-0.39, 0.29) is 25.7 Å². The summed E-state index contributed by atoms with van der Waals surface area (Å²) in [5.41, 5.74) is 0. The third-order valence-corrected chi connectivity index (χ3v) is 18.7. The Labute approximate surface area is 556 Å². The Morgan fingerprint density at radius 3 is 0.747 bits per heavy atom. The van der Waals surface area contributed by atoms with Crippen LogP contribution in [-0.4, -0.2) is 96.7 Å². The lowest BCUT2D eigenvalue weighted by atomic mass is 10.0. The molecule has 0 aromatic carbocycles. The Bertz CT molecular complexity index is 1750. The molecule has 0 amide bonds. The minimum atomic E-state index is -4.95. The maximum Gasteiger partial charge on any atom is 0.472 e. The molecule has 5 atom stereocenters. The van der Waals surface area contributed by atoms with E-state index in [1.807, 2.05) is 0 Å². The van der Waals surface area contributed by atoms with E-state index in [1.165, 1.54) is 199 Å². The maximum absolute atomic E-state index is 13.0.